The van der Waals surface area contributed by atoms with Gasteiger partial charge in [-0.2, -0.15) is 0 Å². The van der Waals surface area contributed by atoms with Crippen LogP contribution < -0.4 is 16.0 Å². The first-order chi connectivity index (χ1) is 5.97. The Balaban J connectivity index is 2.24. The molecule has 0 aromatic carbocycles. The summed E-state index contributed by atoms with van der Waals surface area (Å²) in [6.45, 7) is 7.80. The summed E-state index contributed by atoms with van der Waals surface area (Å²) in [5.41, 5.74) is -0.157. The van der Waals surface area contributed by atoms with Crippen LogP contribution in [0.3, 0.4) is 0 Å². The van der Waals surface area contributed by atoms with Crippen molar-refractivity contribution in [2.75, 3.05) is 13.1 Å². The summed E-state index contributed by atoms with van der Waals surface area (Å²) in [6.07, 6.45) is 1.03. The first kappa shape index (κ1) is 10.3. The van der Waals surface area contributed by atoms with Gasteiger partial charge in [0.2, 0.25) is 0 Å². The normalized spacial score (nSPS) is 22.8. The van der Waals surface area contributed by atoms with E-state index < -0.39 is 0 Å². The Hall–Kier alpha value is -0.770. The van der Waals surface area contributed by atoms with Gasteiger partial charge in [0, 0.05) is 18.1 Å². The molecular formula is C9H19N3O. The molecule has 0 radical (unpaired) electrons. The molecule has 0 aromatic heterocycles. The minimum Gasteiger partial charge on any atom is -0.334 e. The van der Waals surface area contributed by atoms with Crippen molar-refractivity contribution >= 4 is 6.03 Å². The maximum absolute atomic E-state index is 11.4. The highest BCUT2D eigenvalue weighted by Crippen LogP contribution is 2.00. The van der Waals surface area contributed by atoms with Gasteiger partial charge >= 0.3 is 6.03 Å². The van der Waals surface area contributed by atoms with Gasteiger partial charge in [0.25, 0.3) is 0 Å². The van der Waals surface area contributed by atoms with E-state index in [0.29, 0.717) is 6.04 Å². The lowest BCUT2D eigenvalue weighted by atomic mass is 10.1. The zero-order valence-corrected chi connectivity index (χ0v) is 8.61. The molecule has 1 heterocycles. The fraction of sp³-hybridized carbons (Fsp3) is 0.889. The third-order valence-corrected chi connectivity index (χ3v) is 1.88. The van der Waals surface area contributed by atoms with E-state index in [4.69, 9.17) is 0 Å². The van der Waals surface area contributed by atoms with Gasteiger partial charge in [0.1, 0.15) is 0 Å². The van der Waals surface area contributed by atoms with Crippen molar-refractivity contribution < 1.29 is 4.79 Å². The third-order valence-electron chi connectivity index (χ3n) is 1.88. The van der Waals surface area contributed by atoms with Gasteiger partial charge in [-0.15, -0.1) is 0 Å². The predicted octanol–water partition coefficient (Wildman–Crippen LogP) is 0.446. The summed E-state index contributed by atoms with van der Waals surface area (Å²) < 4.78 is 0. The molecule has 0 bridgehead atoms. The van der Waals surface area contributed by atoms with Crippen LogP contribution in [0.15, 0.2) is 0 Å². The van der Waals surface area contributed by atoms with Crippen LogP contribution in [0.1, 0.15) is 27.2 Å². The van der Waals surface area contributed by atoms with Gasteiger partial charge in [-0.3, -0.25) is 0 Å². The molecule has 0 aromatic rings. The molecule has 3 N–H and O–H groups in total. The SMILES string of the molecule is CC(C)(C)NC(=O)N[C@@H]1CCNC1. The highest BCUT2D eigenvalue weighted by atomic mass is 16.2. The lowest BCUT2D eigenvalue weighted by Crippen LogP contribution is -2.50. The molecule has 1 aliphatic rings. The lowest BCUT2D eigenvalue weighted by molar-refractivity contribution is 0.229. The predicted molar refractivity (Wildman–Crippen MR) is 52.7 cm³/mol. The molecule has 1 saturated heterocycles. The van der Waals surface area contributed by atoms with Gasteiger partial charge in [0.15, 0.2) is 0 Å². The summed E-state index contributed by atoms with van der Waals surface area (Å²) in [6, 6.07) is 0.226. The molecule has 13 heavy (non-hydrogen) atoms. The van der Waals surface area contributed by atoms with Gasteiger partial charge < -0.3 is 16.0 Å². The van der Waals surface area contributed by atoms with E-state index in [1.54, 1.807) is 0 Å². The summed E-state index contributed by atoms with van der Waals surface area (Å²) in [5, 5.41) is 8.99. The largest absolute Gasteiger partial charge is 0.334 e. The maximum Gasteiger partial charge on any atom is 0.315 e. The molecule has 2 amide bonds. The van der Waals surface area contributed by atoms with E-state index in [1.165, 1.54) is 0 Å². The fourth-order valence-electron chi connectivity index (χ4n) is 1.34. The number of hydrogen-bond donors (Lipinski definition) is 3. The van der Waals surface area contributed by atoms with E-state index in [-0.39, 0.29) is 11.6 Å². The molecule has 0 saturated carbocycles. The Labute approximate surface area is 79.5 Å². The van der Waals surface area contributed by atoms with Crippen molar-refractivity contribution in [2.45, 2.75) is 38.8 Å². The number of nitrogens with one attached hydrogen (secondary N) is 3. The number of hydrogen-bond acceptors (Lipinski definition) is 2. The van der Waals surface area contributed by atoms with Crippen molar-refractivity contribution in [1.29, 1.82) is 0 Å². The second kappa shape index (κ2) is 3.96. The monoisotopic (exact) mass is 185 g/mol. The van der Waals surface area contributed by atoms with Crippen LogP contribution >= 0.6 is 0 Å². The van der Waals surface area contributed by atoms with E-state index in [1.807, 2.05) is 20.8 Å². The molecule has 0 spiro atoms. The van der Waals surface area contributed by atoms with Crippen LogP contribution in [-0.4, -0.2) is 30.7 Å². The van der Waals surface area contributed by atoms with Crippen molar-refractivity contribution in [1.82, 2.24) is 16.0 Å². The first-order valence-corrected chi connectivity index (χ1v) is 4.77. The molecule has 4 nitrogen and oxygen atoms in total. The summed E-state index contributed by atoms with van der Waals surface area (Å²) in [7, 11) is 0. The van der Waals surface area contributed by atoms with Crippen LogP contribution in [0.4, 0.5) is 4.79 Å². The number of carbonyl (C=O) groups is 1. The Morgan fingerprint density at radius 2 is 2.15 bits per heavy atom. The van der Waals surface area contributed by atoms with Crippen LogP contribution in [0.2, 0.25) is 0 Å². The molecule has 1 aliphatic heterocycles. The van der Waals surface area contributed by atoms with E-state index >= 15 is 0 Å². The topological polar surface area (TPSA) is 53.2 Å². The summed E-state index contributed by atoms with van der Waals surface area (Å²) in [5.74, 6) is 0. The Morgan fingerprint density at radius 1 is 1.46 bits per heavy atom. The second-order valence-corrected chi connectivity index (χ2v) is 4.54. The molecular weight excluding hydrogens is 166 g/mol. The second-order valence-electron chi connectivity index (χ2n) is 4.54. The van der Waals surface area contributed by atoms with Crippen molar-refractivity contribution in [3.05, 3.63) is 0 Å². The van der Waals surface area contributed by atoms with Crippen molar-refractivity contribution in [3.63, 3.8) is 0 Å². The molecule has 1 fully saturated rings. The first-order valence-electron chi connectivity index (χ1n) is 4.77. The standard InChI is InChI=1S/C9H19N3O/c1-9(2,3)12-8(13)11-7-4-5-10-6-7/h7,10H,4-6H2,1-3H3,(H2,11,12,13)/t7-/m1/s1. The number of rotatable bonds is 1. The van der Waals surface area contributed by atoms with Gasteiger partial charge in [0.05, 0.1) is 0 Å². The minimum atomic E-state index is -0.157. The Bertz CT molecular complexity index is 180. The number of amides is 2. The van der Waals surface area contributed by atoms with Gasteiger partial charge in [-0.25, -0.2) is 4.79 Å². The van der Waals surface area contributed by atoms with E-state index in [0.717, 1.165) is 19.5 Å². The average molecular weight is 185 g/mol. The molecule has 76 valence electrons. The van der Waals surface area contributed by atoms with Gasteiger partial charge in [-0.05, 0) is 33.7 Å². The van der Waals surface area contributed by atoms with Crippen LogP contribution in [0.25, 0.3) is 0 Å². The highest BCUT2D eigenvalue weighted by molar-refractivity contribution is 5.75. The smallest absolute Gasteiger partial charge is 0.315 e. The highest BCUT2D eigenvalue weighted by Gasteiger charge is 2.19. The third kappa shape index (κ3) is 4.12. The molecule has 4 heteroatoms. The van der Waals surface area contributed by atoms with Crippen LogP contribution in [0, 0.1) is 0 Å². The summed E-state index contributed by atoms with van der Waals surface area (Å²) >= 11 is 0. The minimum absolute atomic E-state index is 0.0683. The van der Waals surface area contributed by atoms with Crippen LogP contribution in [0.5, 0.6) is 0 Å². The van der Waals surface area contributed by atoms with Gasteiger partial charge in [-0.1, -0.05) is 0 Å². The zero-order valence-electron chi connectivity index (χ0n) is 8.61. The Kier molecular flexibility index (Phi) is 3.14. The number of carbonyl (C=O) groups excluding carboxylic acids is 1. The number of urea groups is 1. The molecule has 0 unspecified atom stereocenters. The quantitative estimate of drug-likeness (QED) is 0.555. The maximum atomic E-state index is 11.4. The van der Waals surface area contributed by atoms with Crippen molar-refractivity contribution in [3.8, 4) is 0 Å². The Morgan fingerprint density at radius 3 is 2.62 bits per heavy atom. The van der Waals surface area contributed by atoms with E-state index in [2.05, 4.69) is 16.0 Å². The summed E-state index contributed by atoms with van der Waals surface area (Å²) in [4.78, 5) is 11.4. The molecule has 0 aliphatic carbocycles. The average Bonchev–Trinajstić information content (AvgIpc) is 2.34. The van der Waals surface area contributed by atoms with E-state index in [9.17, 15) is 4.79 Å². The fourth-order valence-corrected chi connectivity index (χ4v) is 1.34. The van der Waals surface area contributed by atoms with Crippen LogP contribution in [-0.2, 0) is 0 Å². The molecule has 1 atom stereocenters. The zero-order chi connectivity index (χ0) is 9.90. The molecule has 1 rings (SSSR count). The lowest BCUT2D eigenvalue weighted by Gasteiger charge is -2.22. The van der Waals surface area contributed by atoms with Crippen molar-refractivity contribution in [2.24, 2.45) is 0 Å².